The molecule has 0 saturated heterocycles. The number of rotatable bonds is 7. The van der Waals surface area contributed by atoms with E-state index in [0.29, 0.717) is 17.9 Å². The van der Waals surface area contributed by atoms with Crippen LogP contribution < -0.4 is 15.4 Å². The lowest BCUT2D eigenvalue weighted by molar-refractivity contribution is -0.120. The summed E-state index contributed by atoms with van der Waals surface area (Å²) in [7, 11) is 0. The van der Waals surface area contributed by atoms with Gasteiger partial charge in [-0.2, -0.15) is 0 Å². The van der Waals surface area contributed by atoms with E-state index < -0.39 is 0 Å². The van der Waals surface area contributed by atoms with Crippen molar-refractivity contribution < 1.29 is 14.3 Å². The van der Waals surface area contributed by atoms with Crippen LogP contribution >= 0.6 is 0 Å². The summed E-state index contributed by atoms with van der Waals surface area (Å²) in [5.74, 6) is 0.121. The molecule has 146 valence electrons. The molecule has 2 N–H and O–H groups in total. The lowest BCUT2D eigenvalue weighted by atomic mass is 10.2. The lowest BCUT2D eigenvalue weighted by Gasteiger charge is -2.09. The number of hydrogen-bond acceptors (Lipinski definition) is 4. The highest BCUT2D eigenvalue weighted by molar-refractivity contribution is 5.96. The molecule has 3 aromatic rings. The number of nitrogens with zero attached hydrogens (tertiary/aromatic N) is 2. The molecule has 0 aliphatic rings. The summed E-state index contributed by atoms with van der Waals surface area (Å²) < 4.78 is 7.74. The third-order valence-electron chi connectivity index (χ3n) is 4.09. The first-order chi connectivity index (χ1) is 13.4. The van der Waals surface area contributed by atoms with Gasteiger partial charge in [-0.3, -0.25) is 9.59 Å². The van der Waals surface area contributed by atoms with E-state index in [2.05, 4.69) is 15.6 Å². The highest BCUT2D eigenvalue weighted by Gasteiger charge is 2.09. The van der Waals surface area contributed by atoms with E-state index in [4.69, 9.17) is 4.74 Å². The van der Waals surface area contributed by atoms with Crippen LogP contribution in [0.5, 0.6) is 5.75 Å². The van der Waals surface area contributed by atoms with Crippen molar-refractivity contribution in [3.05, 3.63) is 65.6 Å². The van der Waals surface area contributed by atoms with Crippen molar-refractivity contribution in [3.8, 4) is 5.75 Å². The number of pyridine rings is 1. The van der Waals surface area contributed by atoms with Crippen LogP contribution in [-0.4, -0.2) is 33.8 Å². The summed E-state index contributed by atoms with van der Waals surface area (Å²) >= 11 is 0. The standard InChI is InChI=1S/C21H24N4O3/c1-14(2)23-19(26)11-22-21(27)16-6-8-18(9-7-16)28-13-17-12-25-10-4-5-15(3)20(25)24-17/h4-10,12,14H,11,13H2,1-3H3,(H,22,27)(H,23,26). The molecule has 0 spiro atoms. The third-order valence-corrected chi connectivity index (χ3v) is 4.09. The quantitative estimate of drug-likeness (QED) is 0.659. The van der Waals surface area contributed by atoms with Crippen molar-refractivity contribution in [2.45, 2.75) is 33.4 Å². The van der Waals surface area contributed by atoms with Crippen LogP contribution in [0.2, 0.25) is 0 Å². The Morgan fingerprint density at radius 1 is 1.18 bits per heavy atom. The Balaban J connectivity index is 1.54. The molecule has 0 bridgehead atoms. The SMILES string of the molecule is Cc1cccn2cc(COc3ccc(C(=O)NCC(=O)NC(C)C)cc3)nc12. The van der Waals surface area contributed by atoms with Crippen LogP contribution in [0, 0.1) is 6.92 Å². The Labute approximate surface area is 163 Å². The van der Waals surface area contributed by atoms with Crippen LogP contribution in [-0.2, 0) is 11.4 Å². The summed E-state index contributed by atoms with van der Waals surface area (Å²) in [6.45, 7) is 6.03. The van der Waals surface area contributed by atoms with E-state index in [1.807, 2.05) is 49.7 Å². The van der Waals surface area contributed by atoms with E-state index in [1.54, 1.807) is 24.3 Å². The zero-order chi connectivity index (χ0) is 20.1. The van der Waals surface area contributed by atoms with Gasteiger partial charge >= 0.3 is 0 Å². The molecular formula is C21H24N4O3. The van der Waals surface area contributed by atoms with E-state index in [-0.39, 0.29) is 24.4 Å². The summed E-state index contributed by atoms with van der Waals surface area (Å²) in [5, 5.41) is 5.32. The predicted octanol–water partition coefficient (Wildman–Crippen LogP) is 2.48. The summed E-state index contributed by atoms with van der Waals surface area (Å²) in [6.07, 6.45) is 3.89. The molecular weight excluding hydrogens is 356 g/mol. The van der Waals surface area contributed by atoms with Crippen molar-refractivity contribution in [2.75, 3.05) is 6.54 Å². The zero-order valence-corrected chi connectivity index (χ0v) is 16.2. The number of aryl methyl sites for hydroxylation is 1. The molecule has 0 saturated carbocycles. The van der Waals surface area contributed by atoms with Gasteiger partial charge in [0.25, 0.3) is 5.91 Å². The number of amides is 2. The molecule has 0 radical (unpaired) electrons. The van der Waals surface area contributed by atoms with Gasteiger partial charge in [0.15, 0.2) is 0 Å². The first kappa shape index (κ1) is 19.4. The molecule has 7 nitrogen and oxygen atoms in total. The molecule has 7 heteroatoms. The van der Waals surface area contributed by atoms with Crippen LogP contribution in [0.25, 0.3) is 5.65 Å². The number of imidazole rings is 1. The van der Waals surface area contributed by atoms with Gasteiger partial charge in [-0.25, -0.2) is 4.98 Å². The third kappa shape index (κ3) is 4.88. The molecule has 2 heterocycles. The maximum atomic E-state index is 12.1. The van der Waals surface area contributed by atoms with Crippen LogP contribution in [0.15, 0.2) is 48.8 Å². The van der Waals surface area contributed by atoms with Gasteiger partial charge in [0.05, 0.1) is 12.2 Å². The molecule has 0 aliphatic heterocycles. The second-order valence-corrected chi connectivity index (χ2v) is 6.87. The molecule has 1 aromatic carbocycles. The number of carbonyl (C=O) groups excluding carboxylic acids is 2. The Morgan fingerprint density at radius 2 is 1.93 bits per heavy atom. The van der Waals surface area contributed by atoms with Crippen molar-refractivity contribution in [3.63, 3.8) is 0 Å². The molecule has 0 atom stereocenters. The first-order valence-corrected chi connectivity index (χ1v) is 9.16. The monoisotopic (exact) mass is 380 g/mol. The fourth-order valence-corrected chi connectivity index (χ4v) is 2.77. The average Bonchev–Trinajstić information content (AvgIpc) is 3.09. The molecule has 28 heavy (non-hydrogen) atoms. The Hall–Kier alpha value is -3.35. The van der Waals surface area contributed by atoms with Crippen LogP contribution in [0.4, 0.5) is 0 Å². The minimum absolute atomic E-state index is 0.0395. The topological polar surface area (TPSA) is 84.7 Å². The number of carbonyl (C=O) groups is 2. The van der Waals surface area contributed by atoms with Crippen molar-refractivity contribution >= 4 is 17.5 Å². The highest BCUT2D eigenvalue weighted by Crippen LogP contribution is 2.15. The Bertz CT molecular complexity index is 977. The van der Waals surface area contributed by atoms with Gasteiger partial charge in [0.2, 0.25) is 5.91 Å². The maximum Gasteiger partial charge on any atom is 0.251 e. The van der Waals surface area contributed by atoms with Crippen molar-refractivity contribution in [2.24, 2.45) is 0 Å². The number of nitrogens with one attached hydrogen (secondary N) is 2. The normalized spacial score (nSPS) is 10.9. The van der Waals surface area contributed by atoms with Gasteiger partial charge in [0, 0.05) is 24.0 Å². The molecule has 2 amide bonds. The maximum absolute atomic E-state index is 12.1. The lowest BCUT2D eigenvalue weighted by Crippen LogP contribution is -2.39. The van der Waals surface area contributed by atoms with E-state index >= 15 is 0 Å². The minimum Gasteiger partial charge on any atom is -0.487 e. The first-order valence-electron chi connectivity index (χ1n) is 9.16. The Kier molecular flexibility index (Phi) is 5.93. The van der Waals surface area contributed by atoms with Gasteiger partial charge in [-0.15, -0.1) is 0 Å². The molecule has 3 rings (SSSR count). The number of fused-ring (bicyclic) bond motifs is 1. The minimum atomic E-state index is -0.304. The average molecular weight is 380 g/mol. The summed E-state index contributed by atoms with van der Waals surface area (Å²) in [6, 6.07) is 10.8. The number of aromatic nitrogens is 2. The number of ether oxygens (including phenoxy) is 1. The largest absolute Gasteiger partial charge is 0.487 e. The molecule has 2 aromatic heterocycles. The number of benzene rings is 1. The van der Waals surface area contributed by atoms with Crippen LogP contribution in [0.3, 0.4) is 0 Å². The van der Waals surface area contributed by atoms with Gasteiger partial charge < -0.3 is 19.8 Å². The Morgan fingerprint density at radius 3 is 2.61 bits per heavy atom. The van der Waals surface area contributed by atoms with Crippen molar-refractivity contribution in [1.82, 2.24) is 20.0 Å². The fraction of sp³-hybridized carbons (Fsp3) is 0.286. The summed E-state index contributed by atoms with van der Waals surface area (Å²) in [5.41, 5.74) is 3.31. The van der Waals surface area contributed by atoms with E-state index in [9.17, 15) is 9.59 Å². The fourth-order valence-electron chi connectivity index (χ4n) is 2.77. The highest BCUT2D eigenvalue weighted by atomic mass is 16.5. The zero-order valence-electron chi connectivity index (χ0n) is 16.2. The van der Waals surface area contributed by atoms with Gasteiger partial charge in [0.1, 0.15) is 18.0 Å². The van der Waals surface area contributed by atoms with Gasteiger partial charge in [-0.05, 0) is 56.7 Å². The smallest absolute Gasteiger partial charge is 0.251 e. The van der Waals surface area contributed by atoms with Crippen molar-refractivity contribution in [1.29, 1.82) is 0 Å². The van der Waals surface area contributed by atoms with Crippen LogP contribution in [0.1, 0.15) is 35.5 Å². The molecule has 0 unspecified atom stereocenters. The molecule has 0 aliphatic carbocycles. The van der Waals surface area contributed by atoms with Gasteiger partial charge in [-0.1, -0.05) is 6.07 Å². The summed E-state index contributed by atoms with van der Waals surface area (Å²) in [4.78, 5) is 28.3. The number of hydrogen-bond donors (Lipinski definition) is 2. The second kappa shape index (κ2) is 8.56. The van der Waals surface area contributed by atoms with E-state index in [0.717, 1.165) is 16.9 Å². The molecule has 0 fully saturated rings. The second-order valence-electron chi connectivity index (χ2n) is 6.87. The van der Waals surface area contributed by atoms with E-state index in [1.165, 1.54) is 0 Å². The predicted molar refractivity (Wildman–Crippen MR) is 106 cm³/mol.